The molecule has 5 heteroatoms. The van der Waals surface area contributed by atoms with Crippen LogP contribution >= 0.6 is 11.3 Å². The van der Waals surface area contributed by atoms with Gasteiger partial charge in [0.25, 0.3) is 0 Å². The summed E-state index contributed by atoms with van der Waals surface area (Å²) in [4.78, 5) is 0.493. The molecule has 1 unspecified atom stereocenters. The van der Waals surface area contributed by atoms with Crippen molar-refractivity contribution in [2.45, 2.75) is 11.3 Å². The molecule has 0 radical (unpaired) electrons. The summed E-state index contributed by atoms with van der Waals surface area (Å²) in [6, 6.07) is 6.32. The van der Waals surface area contributed by atoms with Crippen LogP contribution in [0.1, 0.15) is 5.56 Å². The van der Waals surface area contributed by atoms with Crippen molar-refractivity contribution in [2.75, 3.05) is 11.5 Å². The van der Waals surface area contributed by atoms with E-state index in [1.165, 1.54) is 17.7 Å². The van der Waals surface area contributed by atoms with E-state index in [2.05, 4.69) is 0 Å². The van der Waals surface area contributed by atoms with Gasteiger partial charge >= 0.3 is 0 Å². The number of aryl methyl sites for hydroxylation is 1. The van der Waals surface area contributed by atoms with E-state index in [1.807, 2.05) is 16.8 Å². The first kappa shape index (κ1) is 12.3. The maximum atomic E-state index is 13.2. The lowest BCUT2D eigenvalue weighted by atomic mass is 10.3. The Kier molecular flexibility index (Phi) is 3.91. The summed E-state index contributed by atoms with van der Waals surface area (Å²) < 4.78 is 25.1. The van der Waals surface area contributed by atoms with Crippen LogP contribution in [0.15, 0.2) is 39.9 Å². The zero-order valence-corrected chi connectivity index (χ0v) is 10.7. The molecule has 0 saturated heterocycles. The maximum Gasteiger partial charge on any atom is 0.147 e. The summed E-state index contributed by atoms with van der Waals surface area (Å²) in [7, 11) is -1.18. The van der Waals surface area contributed by atoms with Crippen LogP contribution in [-0.4, -0.2) is 9.96 Å². The van der Waals surface area contributed by atoms with Crippen LogP contribution in [0, 0.1) is 5.82 Å². The van der Waals surface area contributed by atoms with Gasteiger partial charge in [0.1, 0.15) is 5.82 Å². The Bertz CT molecular complexity index is 525. The van der Waals surface area contributed by atoms with Crippen molar-refractivity contribution in [3.8, 4) is 0 Å². The van der Waals surface area contributed by atoms with Crippen LogP contribution in [0.2, 0.25) is 0 Å². The molecule has 2 nitrogen and oxygen atoms in total. The van der Waals surface area contributed by atoms with Crippen LogP contribution in [0.3, 0.4) is 0 Å². The minimum atomic E-state index is -1.18. The summed E-state index contributed by atoms with van der Waals surface area (Å²) >= 11 is 1.62. The van der Waals surface area contributed by atoms with Crippen molar-refractivity contribution in [1.29, 1.82) is 0 Å². The van der Waals surface area contributed by atoms with Crippen molar-refractivity contribution >= 4 is 27.8 Å². The molecule has 1 heterocycles. The molecular formula is C12H12FNOS2. The second kappa shape index (κ2) is 5.42. The van der Waals surface area contributed by atoms with E-state index in [1.54, 1.807) is 17.4 Å². The van der Waals surface area contributed by atoms with E-state index in [-0.39, 0.29) is 5.69 Å². The van der Waals surface area contributed by atoms with Crippen molar-refractivity contribution in [3.63, 3.8) is 0 Å². The minimum absolute atomic E-state index is 0.0867. The summed E-state index contributed by atoms with van der Waals surface area (Å²) in [5.74, 6) is -0.00789. The molecule has 17 heavy (non-hydrogen) atoms. The molecule has 0 aliphatic rings. The average Bonchev–Trinajstić information content (AvgIpc) is 2.82. The number of anilines is 1. The van der Waals surface area contributed by atoms with Gasteiger partial charge in [-0.05, 0) is 47.0 Å². The molecule has 2 aromatic rings. The Morgan fingerprint density at radius 3 is 2.82 bits per heavy atom. The molecule has 0 aliphatic carbocycles. The van der Waals surface area contributed by atoms with Crippen molar-refractivity contribution in [1.82, 2.24) is 0 Å². The van der Waals surface area contributed by atoms with Gasteiger partial charge in [-0.1, -0.05) is 0 Å². The van der Waals surface area contributed by atoms with E-state index >= 15 is 0 Å². The quantitative estimate of drug-likeness (QED) is 0.867. The first-order valence-electron chi connectivity index (χ1n) is 5.11. The van der Waals surface area contributed by atoms with Crippen LogP contribution in [0.4, 0.5) is 10.1 Å². The number of nitrogens with two attached hydrogens (primary N) is 1. The number of benzene rings is 1. The van der Waals surface area contributed by atoms with Gasteiger partial charge in [-0.2, -0.15) is 11.3 Å². The molecule has 0 aliphatic heterocycles. The van der Waals surface area contributed by atoms with Crippen molar-refractivity contribution in [3.05, 3.63) is 46.4 Å². The van der Waals surface area contributed by atoms with Crippen LogP contribution in [-0.2, 0) is 17.2 Å². The summed E-state index contributed by atoms with van der Waals surface area (Å²) in [6.07, 6.45) is 0.738. The standard InChI is InChI=1S/C12H12FNOS2/c13-11-7-10(1-2-12(11)14)17(15)6-4-9-3-5-16-8-9/h1-3,5,7-8H,4,6,14H2. The van der Waals surface area contributed by atoms with E-state index in [0.29, 0.717) is 10.6 Å². The number of rotatable bonds is 4. The average molecular weight is 269 g/mol. The lowest BCUT2D eigenvalue weighted by Crippen LogP contribution is -2.02. The molecule has 0 spiro atoms. The predicted octanol–water partition coefficient (Wildman–Crippen LogP) is 2.82. The first-order valence-corrected chi connectivity index (χ1v) is 7.37. The lowest BCUT2D eigenvalue weighted by molar-refractivity contribution is 0.627. The predicted molar refractivity (Wildman–Crippen MR) is 70.1 cm³/mol. The molecule has 0 fully saturated rings. The monoisotopic (exact) mass is 269 g/mol. The third-order valence-corrected chi connectivity index (χ3v) is 4.48. The second-order valence-electron chi connectivity index (χ2n) is 3.61. The molecular weight excluding hydrogens is 257 g/mol. The highest BCUT2D eigenvalue weighted by Gasteiger charge is 2.07. The summed E-state index contributed by atoms with van der Waals surface area (Å²) in [6.45, 7) is 0. The molecule has 1 atom stereocenters. The highest BCUT2D eigenvalue weighted by molar-refractivity contribution is 7.85. The number of hydrogen-bond donors (Lipinski definition) is 1. The van der Waals surface area contributed by atoms with Gasteiger partial charge < -0.3 is 5.73 Å². The fourth-order valence-electron chi connectivity index (χ4n) is 1.41. The smallest absolute Gasteiger partial charge is 0.147 e. The van der Waals surface area contributed by atoms with E-state index in [4.69, 9.17) is 5.73 Å². The van der Waals surface area contributed by atoms with E-state index < -0.39 is 16.6 Å². The van der Waals surface area contributed by atoms with Gasteiger partial charge in [-0.3, -0.25) is 4.21 Å². The van der Waals surface area contributed by atoms with E-state index in [9.17, 15) is 8.60 Å². The Hall–Kier alpha value is -1.20. The fraction of sp³-hybridized carbons (Fsp3) is 0.167. The Morgan fingerprint density at radius 1 is 1.35 bits per heavy atom. The van der Waals surface area contributed by atoms with Crippen LogP contribution in [0.5, 0.6) is 0 Å². The van der Waals surface area contributed by atoms with Gasteiger partial charge in [0.2, 0.25) is 0 Å². The number of hydrogen-bond acceptors (Lipinski definition) is 3. The molecule has 1 aromatic carbocycles. The topological polar surface area (TPSA) is 43.1 Å². The molecule has 0 saturated carbocycles. The Balaban J connectivity index is 2.02. The number of thiophene rings is 1. The largest absolute Gasteiger partial charge is 0.396 e. The molecule has 2 N–H and O–H groups in total. The SMILES string of the molecule is Nc1ccc(S(=O)CCc2ccsc2)cc1F. The number of halogens is 1. The normalized spacial score (nSPS) is 12.5. The summed E-state index contributed by atoms with van der Waals surface area (Å²) in [5, 5.41) is 4.02. The third kappa shape index (κ3) is 3.14. The maximum absolute atomic E-state index is 13.2. The zero-order valence-electron chi connectivity index (χ0n) is 9.06. The Labute approximate surface area is 106 Å². The number of nitrogen functional groups attached to an aromatic ring is 1. The molecule has 1 aromatic heterocycles. The van der Waals surface area contributed by atoms with Gasteiger partial charge in [-0.15, -0.1) is 0 Å². The highest BCUT2D eigenvalue weighted by Crippen LogP contribution is 2.16. The molecule has 90 valence electrons. The highest BCUT2D eigenvalue weighted by atomic mass is 32.2. The van der Waals surface area contributed by atoms with Crippen LogP contribution in [0.25, 0.3) is 0 Å². The third-order valence-electron chi connectivity index (χ3n) is 2.39. The van der Waals surface area contributed by atoms with E-state index in [0.717, 1.165) is 6.42 Å². The van der Waals surface area contributed by atoms with Crippen molar-refractivity contribution < 1.29 is 8.60 Å². The van der Waals surface area contributed by atoms with Gasteiger partial charge in [0, 0.05) is 10.6 Å². The van der Waals surface area contributed by atoms with Gasteiger partial charge in [0.05, 0.1) is 16.5 Å². The van der Waals surface area contributed by atoms with Crippen LogP contribution < -0.4 is 5.73 Å². The molecule has 0 amide bonds. The lowest BCUT2D eigenvalue weighted by Gasteiger charge is -2.03. The Morgan fingerprint density at radius 2 is 2.18 bits per heavy atom. The molecule has 0 bridgehead atoms. The second-order valence-corrected chi connectivity index (χ2v) is 5.97. The summed E-state index contributed by atoms with van der Waals surface area (Å²) in [5.41, 5.74) is 6.62. The minimum Gasteiger partial charge on any atom is -0.396 e. The molecule has 2 rings (SSSR count). The van der Waals surface area contributed by atoms with Gasteiger partial charge in [0.15, 0.2) is 0 Å². The van der Waals surface area contributed by atoms with Gasteiger partial charge in [-0.25, -0.2) is 4.39 Å². The zero-order chi connectivity index (χ0) is 12.3. The first-order chi connectivity index (χ1) is 8.16. The fourth-order valence-corrected chi connectivity index (χ4v) is 3.23. The van der Waals surface area contributed by atoms with Crippen molar-refractivity contribution in [2.24, 2.45) is 0 Å².